The molecule has 3 aromatic heterocycles. The van der Waals surface area contributed by atoms with E-state index in [2.05, 4.69) is 20.3 Å². The molecule has 0 unspecified atom stereocenters. The number of aliphatic carboxylic acids is 1. The van der Waals surface area contributed by atoms with E-state index in [1.54, 1.807) is 58.2 Å². The predicted octanol–water partition coefficient (Wildman–Crippen LogP) is 4.65. The molecule has 0 bridgehead atoms. The Balaban J connectivity index is 0.000000925. The molecule has 2 aliphatic rings. The number of imidazole rings is 1. The van der Waals surface area contributed by atoms with E-state index < -0.39 is 23.1 Å². The van der Waals surface area contributed by atoms with E-state index in [1.807, 2.05) is 20.2 Å². The maximum atomic E-state index is 14.6. The molecule has 0 radical (unpaired) electrons. The molecule has 24 heteroatoms. The third-order valence-electron chi connectivity index (χ3n) is 9.59. The van der Waals surface area contributed by atoms with Gasteiger partial charge in [0.2, 0.25) is 18.2 Å². The summed E-state index contributed by atoms with van der Waals surface area (Å²) in [6.07, 6.45) is 5.42. The van der Waals surface area contributed by atoms with Gasteiger partial charge in [-0.05, 0) is 41.0 Å². The first-order valence-corrected chi connectivity index (χ1v) is 19.0. The summed E-state index contributed by atoms with van der Waals surface area (Å²) in [5.41, 5.74) is 2.05. The summed E-state index contributed by atoms with van der Waals surface area (Å²) in [4.78, 5) is 69.9. The van der Waals surface area contributed by atoms with Crippen LogP contribution in [0.5, 0.6) is 11.5 Å². The van der Waals surface area contributed by atoms with Crippen molar-refractivity contribution in [2.45, 2.75) is 38.1 Å². The number of nitrogens with zero attached hydrogens (tertiary/aromatic N) is 10. The number of hydrogen-bond donors (Lipinski definition) is 1. The minimum atomic E-state index is -5.19. The van der Waals surface area contributed by atoms with Crippen molar-refractivity contribution in [3.8, 4) is 11.5 Å². The number of aryl methyl sites for hydroxylation is 1. The number of methoxy groups -OCH3 is 2. The van der Waals surface area contributed by atoms with Gasteiger partial charge in [-0.25, -0.2) is 9.78 Å². The molecule has 4 aromatic rings. The molecule has 6 rings (SSSR count). The number of ether oxygens (including phenoxy) is 2. The zero-order valence-corrected chi connectivity index (χ0v) is 34.9. The molecular weight excluding hydrogens is 854 g/mol. The van der Waals surface area contributed by atoms with Crippen molar-refractivity contribution in [3.05, 3.63) is 86.7 Å². The second kappa shape index (κ2) is 19.0. The van der Waals surface area contributed by atoms with Crippen LogP contribution in [0, 0.1) is 10.1 Å². The molecule has 5 heterocycles. The van der Waals surface area contributed by atoms with E-state index in [9.17, 15) is 32.9 Å². The summed E-state index contributed by atoms with van der Waals surface area (Å²) in [5.74, 6) is -2.07. The molecular formula is C37H40Cl2F3N11O8. The summed E-state index contributed by atoms with van der Waals surface area (Å²) in [6, 6.07) is 4.41. The Morgan fingerprint density at radius 2 is 1.74 bits per heavy atom. The summed E-state index contributed by atoms with van der Waals surface area (Å²) in [5, 5.41) is 23.7. The molecule has 0 aliphatic carbocycles. The normalized spacial score (nSPS) is 14.7. The van der Waals surface area contributed by atoms with E-state index in [0.717, 1.165) is 0 Å². The molecule has 1 N–H and O–H groups in total. The molecule has 19 nitrogen and oxygen atoms in total. The lowest BCUT2D eigenvalue weighted by atomic mass is 10.0. The number of likely N-dealkylation sites (N-methyl/N-ethyl adjacent to an activating group) is 1. The van der Waals surface area contributed by atoms with Gasteiger partial charge in [0.15, 0.2) is 5.69 Å². The van der Waals surface area contributed by atoms with Crippen LogP contribution in [0.2, 0.25) is 10.0 Å². The average Bonchev–Trinajstić information content (AvgIpc) is 3.57. The van der Waals surface area contributed by atoms with Crippen molar-refractivity contribution >= 4 is 70.1 Å². The molecule has 326 valence electrons. The lowest BCUT2D eigenvalue weighted by Gasteiger charge is -2.43. The van der Waals surface area contributed by atoms with Gasteiger partial charge in [0, 0.05) is 56.3 Å². The van der Waals surface area contributed by atoms with E-state index in [4.69, 9.17) is 47.6 Å². The number of nitro groups is 1. The zero-order chi connectivity index (χ0) is 44.8. The topological polar surface area (TPSA) is 214 Å². The van der Waals surface area contributed by atoms with Crippen LogP contribution in [0.4, 0.5) is 46.9 Å². The molecule has 0 spiro atoms. The van der Waals surface area contributed by atoms with Crippen LogP contribution in [-0.2, 0) is 29.7 Å². The van der Waals surface area contributed by atoms with Gasteiger partial charge in [-0.1, -0.05) is 23.2 Å². The maximum absolute atomic E-state index is 14.6. The number of urea groups is 1. The Labute approximate surface area is 356 Å². The first-order chi connectivity index (χ1) is 28.8. The Morgan fingerprint density at radius 3 is 2.30 bits per heavy atom. The van der Waals surface area contributed by atoms with E-state index in [0.29, 0.717) is 66.3 Å². The highest BCUT2D eigenvalue weighted by atomic mass is 35.5. The Kier molecular flexibility index (Phi) is 14.3. The highest BCUT2D eigenvalue weighted by Gasteiger charge is 2.41. The number of alkyl halides is 3. The van der Waals surface area contributed by atoms with E-state index >= 15 is 0 Å². The lowest BCUT2D eigenvalue weighted by molar-refractivity contribution is -0.898. The number of benzene rings is 1. The van der Waals surface area contributed by atoms with Gasteiger partial charge in [0.05, 0.1) is 59.0 Å². The number of rotatable bonds is 12. The number of quaternary nitrogens is 1. The first kappa shape index (κ1) is 45.8. The highest BCUT2D eigenvalue weighted by molar-refractivity contribution is 6.42. The molecule has 1 aromatic carbocycles. The van der Waals surface area contributed by atoms with Crippen molar-refractivity contribution in [2.75, 3.05) is 63.1 Å². The molecule has 1 saturated heterocycles. The van der Waals surface area contributed by atoms with Gasteiger partial charge in [0.1, 0.15) is 39.9 Å². The standard InChI is InChI=1S/C35H40Cl2N11O6.C2HF3O2/c1-43-21-40-33(47(51)52)25(43)20-48(2,3)15-7-9-28(49)44-13-10-24(11-14-44)46-32-22(17-39-34(42-32)41-23-8-6-12-38-18-23)19-45(35(46)50)31-29(36)26(53-4)16-27(54-5)30(31)37;3-2(4,5)1(6)7/h6-9,12,16-18,21,24H,10-11,13-15,19-20H2,1-5H3,(H,39,41,42);(H,6,7)/q+1;/p-1/b9-7+;. The number of aromatic nitrogens is 5. The number of pyridine rings is 1. The Morgan fingerprint density at radius 1 is 1.10 bits per heavy atom. The number of amides is 3. The van der Waals surface area contributed by atoms with Gasteiger partial charge in [0.25, 0.3) is 0 Å². The maximum Gasteiger partial charge on any atom is 0.430 e. The summed E-state index contributed by atoms with van der Waals surface area (Å²) in [6.45, 7) is 1.63. The number of halogens is 5. The van der Waals surface area contributed by atoms with Crippen molar-refractivity contribution < 1.29 is 51.5 Å². The fraction of sp³-hybridized carbons (Fsp3) is 0.378. The van der Waals surface area contributed by atoms with Crippen LogP contribution >= 0.6 is 23.2 Å². The quantitative estimate of drug-likeness (QED) is 0.0889. The number of hydrogen-bond acceptors (Lipinski definition) is 13. The van der Waals surface area contributed by atoms with Crippen LogP contribution in [0.1, 0.15) is 24.1 Å². The minimum Gasteiger partial charge on any atom is -0.542 e. The molecule has 2 aliphatic heterocycles. The average molecular weight is 895 g/mol. The number of carbonyl (C=O) groups is 3. The van der Waals surface area contributed by atoms with Crippen LogP contribution in [0.25, 0.3) is 0 Å². The summed E-state index contributed by atoms with van der Waals surface area (Å²) < 4.78 is 44.5. The number of carboxylic acid groups (broad SMARTS) is 1. The van der Waals surface area contributed by atoms with E-state index in [-0.39, 0.29) is 57.5 Å². The molecule has 0 saturated carbocycles. The molecule has 61 heavy (non-hydrogen) atoms. The first-order valence-electron chi connectivity index (χ1n) is 18.2. The minimum absolute atomic E-state index is 0.0680. The lowest BCUT2D eigenvalue weighted by Crippen LogP contribution is -2.55. The Hall–Kier alpha value is -6.26. The van der Waals surface area contributed by atoms with Crippen molar-refractivity contribution in [1.29, 1.82) is 0 Å². The summed E-state index contributed by atoms with van der Waals surface area (Å²) in [7, 11) is 8.50. The van der Waals surface area contributed by atoms with Crippen molar-refractivity contribution in [2.24, 2.45) is 7.05 Å². The van der Waals surface area contributed by atoms with Crippen LogP contribution in [-0.4, -0.2) is 117 Å². The molecule has 3 amide bonds. The zero-order valence-electron chi connectivity index (χ0n) is 33.4. The second-order valence-electron chi connectivity index (χ2n) is 14.3. The van der Waals surface area contributed by atoms with Crippen LogP contribution in [0.3, 0.4) is 0 Å². The fourth-order valence-corrected chi connectivity index (χ4v) is 7.26. The van der Waals surface area contributed by atoms with Gasteiger partial charge in [-0.2, -0.15) is 18.2 Å². The number of likely N-dealkylation sites (tertiary alicyclic amines) is 1. The Bertz CT molecular complexity index is 2280. The molecule has 1 fully saturated rings. The van der Waals surface area contributed by atoms with Crippen molar-refractivity contribution in [3.63, 3.8) is 0 Å². The number of nitrogens with one attached hydrogen (secondary N) is 1. The number of carboxylic acids is 1. The smallest absolute Gasteiger partial charge is 0.430 e. The summed E-state index contributed by atoms with van der Waals surface area (Å²) >= 11 is 13.6. The fourth-order valence-electron chi connectivity index (χ4n) is 6.55. The van der Waals surface area contributed by atoms with Crippen LogP contribution < -0.4 is 29.7 Å². The SMILES string of the molecule is COc1cc(OC)c(Cl)c(N2Cc3cnc(Nc4cccnc4)nc3N(C3CCN(C(=O)/C=C/C[N+](C)(C)Cc4c([N+](=O)[O-])ncn4C)CC3)C2=O)c1Cl.O=C([O-])C(F)(F)F. The number of fused-ring (bicyclic) bond motifs is 1. The monoisotopic (exact) mass is 893 g/mol. The van der Waals surface area contributed by atoms with Crippen molar-refractivity contribution in [1.82, 2.24) is 29.4 Å². The van der Waals surface area contributed by atoms with Gasteiger partial charge in [-0.3, -0.25) is 19.6 Å². The third kappa shape index (κ3) is 10.7. The second-order valence-corrected chi connectivity index (χ2v) is 15.1. The third-order valence-corrected chi connectivity index (χ3v) is 10.3. The number of carbonyl (C=O) groups excluding carboxylic acids is 3. The van der Waals surface area contributed by atoms with Gasteiger partial charge >= 0.3 is 18.0 Å². The number of piperidine rings is 1. The van der Waals surface area contributed by atoms with Gasteiger partial charge < -0.3 is 48.8 Å². The number of anilines is 4. The van der Waals surface area contributed by atoms with Gasteiger partial charge in [-0.15, -0.1) is 0 Å². The predicted molar refractivity (Wildman–Crippen MR) is 214 cm³/mol. The molecule has 0 atom stereocenters. The van der Waals surface area contributed by atoms with Crippen LogP contribution in [0.15, 0.2) is 55.3 Å². The van der Waals surface area contributed by atoms with E-state index in [1.165, 1.54) is 31.5 Å². The highest BCUT2D eigenvalue weighted by Crippen LogP contribution is 2.48. The largest absolute Gasteiger partial charge is 0.542 e.